The van der Waals surface area contributed by atoms with Crippen LogP contribution in [0.4, 0.5) is 17.6 Å². The van der Waals surface area contributed by atoms with Crippen LogP contribution in [0.5, 0.6) is 0 Å². The number of hydrogen-bond acceptors (Lipinski definition) is 10. The molecular weight excluding hydrogens is 400 g/mol. The van der Waals surface area contributed by atoms with Crippen LogP contribution in [0, 0.1) is 0 Å². The van der Waals surface area contributed by atoms with E-state index in [-0.39, 0.29) is 52.1 Å². The molecular formula is C21H18N6O4. The average molecular weight is 418 g/mol. The molecule has 0 saturated carbocycles. The number of ketones is 2. The first-order valence-corrected chi connectivity index (χ1v) is 9.23. The van der Waals surface area contributed by atoms with Gasteiger partial charge in [0.2, 0.25) is 11.9 Å². The van der Waals surface area contributed by atoms with Crippen LogP contribution in [0.25, 0.3) is 0 Å². The summed E-state index contributed by atoms with van der Waals surface area (Å²) < 4.78 is 5.27. The number of nitrogen functional groups attached to an aromatic ring is 2. The number of carbonyl (C=O) groups excluding carboxylic acids is 3. The molecule has 0 unspecified atom stereocenters. The lowest BCUT2D eigenvalue weighted by Gasteiger charge is -2.20. The third kappa shape index (κ3) is 3.44. The molecule has 0 aliphatic heterocycles. The molecule has 31 heavy (non-hydrogen) atoms. The SMILES string of the molecule is CN(C)c1nc(N)nc(COC(=O)c2ccc3c(c2N)C(=O)c2ccccc2C3=O)n1. The smallest absolute Gasteiger partial charge is 0.340 e. The number of fused-ring (bicyclic) bond motifs is 2. The molecule has 0 radical (unpaired) electrons. The fourth-order valence-electron chi connectivity index (χ4n) is 3.29. The lowest BCUT2D eigenvalue weighted by molar-refractivity contribution is 0.0463. The van der Waals surface area contributed by atoms with Gasteiger partial charge in [0, 0.05) is 30.8 Å². The van der Waals surface area contributed by atoms with Gasteiger partial charge in [-0.05, 0) is 12.1 Å². The molecule has 10 nitrogen and oxygen atoms in total. The first-order valence-electron chi connectivity index (χ1n) is 9.23. The molecule has 0 amide bonds. The molecule has 1 aliphatic rings. The second-order valence-electron chi connectivity index (χ2n) is 7.03. The number of nitrogens with two attached hydrogens (primary N) is 2. The quantitative estimate of drug-likeness (QED) is 0.365. The highest BCUT2D eigenvalue weighted by molar-refractivity contribution is 6.30. The Morgan fingerprint density at radius 2 is 1.61 bits per heavy atom. The topological polar surface area (TPSA) is 154 Å². The number of carbonyl (C=O) groups is 3. The molecule has 1 heterocycles. The van der Waals surface area contributed by atoms with Crippen LogP contribution in [0.3, 0.4) is 0 Å². The van der Waals surface area contributed by atoms with Gasteiger partial charge in [-0.2, -0.15) is 15.0 Å². The van der Waals surface area contributed by atoms with E-state index in [1.807, 2.05) is 0 Å². The average Bonchev–Trinajstić information content (AvgIpc) is 2.75. The van der Waals surface area contributed by atoms with Crippen molar-refractivity contribution >= 4 is 35.1 Å². The highest BCUT2D eigenvalue weighted by Crippen LogP contribution is 2.33. The Hall–Kier alpha value is -4.34. The lowest BCUT2D eigenvalue weighted by Crippen LogP contribution is -2.24. The molecule has 0 saturated heterocycles. The number of esters is 1. The number of aromatic nitrogens is 3. The Morgan fingerprint density at radius 1 is 0.935 bits per heavy atom. The number of nitrogens with zero attached hydrogens (tertiary/aromatic N) is 4. The Bertz CT molecular complexity index is 1250. The minimum atomic E-state index is -0.787. The number of ether oxygens (including phenoxy) is 1. The Balaban J connectivity index is 1.62. The molecule has 0 spiro atoms. The summed E-state index contributed by atoms with van der Waals surface area (Å²) in [5, 5.41) is 0. The summed E-state index contributed by atoms with van der Waals surface area (Å²) in [6.45, 7) is -0.279. The summed E-state index contributed by atoms with van der Waals surface area (Å²) in [6.07, 6.45) is 0. The van der Waals surface area contributed by atoms with Crippen LogP contribution in [0.1, 0.15) is 48.0 Å². The van der Waals surface area contributed by atoms with Crippen LogP contribution in [0.15, 0.2) is 36.4 Å². The van der Waals surface area contributed by atoms with Gasteiger partial charge < -0.3 is 21.1 Å². The molecule has 0 fully saturated rings. The Morgan fingerprint density at radius 3 is 2.29 bits per heavy atom. The van der Waals surface area contributed by atoms with Gasteiger partial charge in [-0.15, -0.1) is 0 Å². The van der Waals surface area contributed by atoms with Gasteiger partial charge in [0.15, 0.2) is 24.0 Å². The molecule has 4 rings (SSSR count). The molecule has 4 N–H and O–H groups in total. The summed E-state index contributed by atoms with van der Waals surface area (Å²) in [6, 6.07) is 9.24. The monoisotopic (exact) mass is 418 g/mol. The van der Waals surface area contributed by atoms with E-state index < -0.39 is 11.8 Å². The Kier molecular flexibility index (Phi) is 4.82. The predicted octanol–water partition coefficient (Wildman–Crippen LogP) is 1.23. The Labute approximate surface area is 176 Å². The van der Waals surface area contributed by atoms with Crippen molar-refractivity contribution in [3.05, 3.63) is 70.0 Å². The standard InChI is InChI=1S/C21H18N6O4/c1-27(2)21-25-14(24-20(23)26-21)9-31-19(30)13-8-7-12-15(16(13)22)18(29)11-6-4-3-5-10(11)17(12)28/h3-8H,9,22H2,1-2H3,(H2,23,24,25,26). The molecule has 156 valence electrons. The van der Waals surface area contributed by atoms with Gasteiger partial charge in [0.1, 0.15) is 0 Å². The lowest BCUT2D eigenvalue weighted by atomic mass is 9.82. The molecule has 1 aliphatic carbocycles. The highest BCUT2D eigenvalue weighted by Gasteiger charge is 2.33. The van der Waals surface area contributed by atoms with E-state index in [0.29, 0.717) is 11.5 Å². The van der Waals surface area contributed by atoms with Crippen LogP contribution >= 0.6 is 0 Å². The molecule has 3 aromatic rings. The second-order valence-corrected chi connectivity index (χ2v) is 7.03. The van der Waals surface area contributed by atoms with Crippen molar-refractivity contribution in [2.75, 3.05) is 30.5 Å². The molecule has 0 atom stereocenters. The summed E-state index contributed by atoms with van der Waals surface area (Å²) >= 11 is 0. The fourth-order valence-corrected chi connectivity index (χ4v) is 3.29. The number of anilines is 3. The van der Waals surface area contributed by atoms with Gasteiger partial charge in [0.05, 0.1) is 16.8 Å². The molecule has 10 heteroatoms. The van der Waals surface area contributed by atoms with Crippen molar-refractivity contribution in [3.8, 4) is 0 Å². The third-order valence-electron chi connectivity index (χ3n) is 4.77. The van der Waals surface area contributed by atoms with Crippen molar-refractivity contribution in [3.63, 3.8) is 0 Å². The van der Waals surface area contributed by atoms with E-state index in [0.717, 1.165) is 0 Å². The summed E-state index contributed by atoms with van der Waals surface area (Å²) in [4.78, 5) is 52.0. The van der Waals surface area contributed by atoms with E-state index in [1.54, 1.807) is 43.3 Å². The normalized spacial score (nSPS) is 12.2. The minimum Gasteiger partial charge on any atom is -0.454 e. The zero-order chi connectivity index (χ0) is 22.3. The van der Waals surface area contributed by atoms with E-state index in [9.17, 15) is 14.4 Å². The highest BCUT2D eigenvalue weighted by atomic mass is 16.5. The second kappa shape index (κ2) is 7.48. The molecule has 0 bridgehead atoms. The van der Waals surface area contributed by atoms with Gasteiger partial charge in [0.25, 0.3) is 0 Å². The molecule has 2 aromatic carbocycles. The first kappa shape index (κ1) is 20.0. The van der Waals surface area contributed by atoms with E-state index in [4.69, 9.17) is 16.2 Å². The van der Waals surface area contributed by atoms with Gasteiger partial charge in [-0.1, -0.05) is 24.3 Å². The largest absolute Gasteiger partial charge is 0.454 e. The van der Waals surface area contributed by atoms with E-state index in [2.05, 4.69) is 15.0 Å². The van der Waals surface area contributed by atoms with Crippen molar-refractivity contribution in [2.45, 2.75) is 6.61 Å². The zero-order valence-corrected chi connectivity index (χ0v) is 16.7. The van der Waals surface area contributed by atoms with Crippen LogP contribution in [-0.4, -0.2) is 46.6 Å². The first-order chi connectivity index (χ1) is 14.8. The summed E-state index contributed by atoms with van der Waals surface area (Å²) in [5.41, 5.74) is 12.3. The zero-order valence-electron chi connectivity index (χ0n) is 16.7. The van der Waals surface area contributed by atoms with E-state index >= 15 is 0 Å². The predicted molar refractivity (Wildman–Crippen MR) is 112 cm³/mol. The van der Waals surface area contributed by atoms with Crippen LogP contribution in [0.2, 0.25) is 0 Å². The van der Waals surface area contributed by atoms with Gasteiger partial charge in [-0.25, -0.2) is 4.79 Å². The number of rotatable bonds is 4. The van der Waals surface area contributed by atoms with Crippen LogP contribution in [-0.2, 0) is 11.3 Å². The van der Waals surface area contributed by atoms with Gasteiger partial charge in [-0.3, -0.25) is 9.59 Å². The summed E-state index contributed by atoms with van der Waals surface area (Å²) in [5.74, 6) is -1.08. The maximum absolute atomic E-state index is 12.9. The van der Waals surface area contributed by atoms with Gasteiger partial charge >= 0.3 is 5.97 Å². The maximum atomic E-state index is 12.9. The maximum Gasteiger partial charge on any atom is 0.340 e. The van der Waals surface area contributed by atoms with Crippen LogP contribution < -0.4 is 16.4 Å². The summed E-state index contributed by atoms with van der Waals surface area (Å²) in [7, 11) is 3.46. The van der Waals surface area contributed by atoms with Crippen molar-refractivity contribution in [2.24, 2.45) is 0 Å². The minimum absolute atomic E-state index is 0.00236. The van der Waals surface area contributed by atoms with Crippen molar-refractivity contribution in [1.82, 2.24) is 15.0 Å². The third-order valence-corrected chi connectivity index (χ3v) is 4.77. The van der Waals surface area contributed by atoms with Crippen molar-refractivity contribution in [1.29, 1.82) is 0 Å². The number of benzene rings is 2. The van der Waals surface area contributed by atoms with Crippen molar-refractivity contribution < 1.29 is 19.1 Å². The van der Waals surface area contributed by atoms with E-state index in [1.165, 1.54) is 12.1 Å². The molecule has 1 aromatic heterocycles. The fraction of sp³-hybridized carbons (Fsp3) is 0.143. The number of hydrogen-bond donors (Lipinski definition) is 2.